The Morgan fingerprint density at radius 1 is 1.23 bits per heavy atom. The maximum atomic E-state index is 8.23. The fourth-order valence-electron chi connectivity index (χ4n) is 1.02. The molecule has 0 saturated heterocycles. The molecule has 2 heteroatoms. The van der Waals surface area contributed by atoms with Crippen molar-refractivity contribution < 1.29 is 0 Å². The summed E-state index contributed by atoms with van der Waals surface area (Å²) in [5, 5.41) is 8.23. The molecule has 1 aromatic carbocycles. The Hall–Kier alpha value is -1.77. The second-order valence-corrected chi connectivity index (χ2v) is 2.60. The monoisotopic (exact) mass is 170 g/mol. The first-order chi connectivity index (χ1) is 6.36. The highest BCUT2D eigenvalue weighted by atomic mass is 14.5. The van der Waals surface area contributed by atoms with Gasteiger partial charge in [-0.3, -0.25) is 0 Å². The molecule has 0 unspecified atom stereocenters. The first-order valence-corrected chi connectivity index (χ1v) is 4.06. The molecule has 0 spiro atoms. The lowest BCUT2D eigenvalue weighted by Gasteiger charge is -1.97. The van der Waals surface area contributed by atoms with E-state index in [1.54, 1.807) is 6.07 Å². The number of rotatable bonds is 2. The lowest BCUT2D eigenvalue weighted by atomic mass is 10.1. The molecule has 0 aliphatic carbocycles. The van der Waals surface area contributed by atoms with Crippen LogP contribution in [0.5, 0.6) is 0 Å². The molecule has 0 radical (unpaired) electrons. The summed E-state index contributed by atoms with van der Waals surface area (Å²) in [7, 11) is 0. The molecule has 2 N–H and O–H groups in total. The van der Waals surface area contributed by atoms with Crippen LogP contribution in [0, 0.1) is 23.2 Å². The van der Waals surface area contributed by atoms with Gasteiger partial charge < -0.3 is 5.73 Å². The maximum absolute atomic E-state index is 8.23. The quantitative estimate of drug-likeness (QED) is 0.675. The predicted molar refractivity (Wildman–Crippen MR) is 51.7 cm³/mol. The van der Waals surface area contributed by atoms with E-state index >= 15 is 0 Å². The molecule has 0 amide bonds. The first-order valence-electron chi connectivity index (χ1n) is 4.06. The van der Waals surface area contributed by atoms with E-state index in [0.717, 1.165) is 12.0 Å². The Morgan fingerprint density at radius 3 is 2.46 bits per heavy atom. The van der Waals surface area contributed by atoms with Gasteiger partial charge in [-0.15, -0.1) is 0 Å². The Kier molecular flexibility index (Phi) is 3.57. The summed E-state index contributed by atoms with van der Waals surface area (Å²) < 4.78 is 0. The zero-order valence-electron chi connectivity index (χ0n) is 7.25. The largest absolute Gasteiger partial charge is 0.330 e. The summed E-state index contributed by atoms with van der Waals surface area (Å²) in [5.41, 5.74) is 7.47. The summed E-state index contributed by atoms with van der Waals surface area (Å²) in [6.07, 6.45) is 0.881. The van der Waals surface area contributed by atoms with Crippen LogP contribution in [0.3, 0.4) is 0 Å². The zero-order valence-corrected chi connectivity index (χ0v) is 7.25. The van der Waals surface area contributed by atoms with E-state index in [9.17, 15) is 0 Å². The fraction of sp³-hybridized carbons (Fsp3) is 0.182. The zero-order chi connectivity index (χ0) is 9.52. The second kappa shape index (κ2) is 4.98. The van der Waals surface area contributed by atoms with Gasteiger partial charge in [0.1, 0.15) is 0 Å². The van der Waals surface area contributed by atoms with E-state index < -0.39 is 0 Å². The third-order valence-corrected chi connectivity index (χ3v) is 1.65. The molecule has 0 saturated carbocycles. The standard InChI is InChI=1S/C11H10N2/c12-8-1-2-10-3-5-11(6-4-10)7-9-13/h3-6H,7,9,13H2. The highest BCUT2D eigenvalue weighted by Gasteiger charge is 1.90. The summed E-state index contributed by atoms with van der Waals surface area (Å²) in [6, 6.07) is 9.53. The average molecular weight is 170 g/mol. The summed E-state index contributed by atoms with van der Waals surface area (Å²) in [5.74, 6) is 5.07. The van der Waals surface area contributed by atoms with E-state index in [-0.39, 0.29) is 0 Å². The summed E-state index contributed by atoms with van der Waals surface area (Å²) >= 11 is 0. The minimum absolute atomic E-state index is 0.656. The lowest BCUT2D eigenvalue weighted by molar-refractivity contribution is 0.969. The van der Waals surface area contributed by atoms with E-state index in [1.165, 1.54) is 5.56 Å². The Labute approximate surface area is 78.0 Å². The second-order valence-electron chi connectivity index (χ2n) is 2.60. The van der Waals surface area contributed by atoms with Gasteiger partial charge in [-0.2, -0.15) is 5.26 Å². The molecule has 13 heavy (non-hydrogen) atoms. The normalized spacial score (nSPS) is 8.31. The molecule has 0 fully saturated rings. The van der Waals surface area contributed by atoms with Crippen molar-refractivity contribution in [2.75, 3.05) is 6.54 Å². The molecule has 64 valence electrons. The van der Waals surface area contributed by atoms with E-state index in [1.807, 2.05) is 24.3 Å². The van der Waals surface area contributed by atoms with Crippen molar-refractivity contribution in [2.45, 2.75) is 6.42 Å². The van der Waals surface area contributed by atoms with Gasteiger partial charge in [0.2, 0.25) is 0 Å². The van der Waals surface area contributed by atoms with Gasteiger partial charge in [0.25, 0.3) is 0 Å². The van der Waals surface area contributed by atoms with Crippen LogP contribution in [0.4, 0.5) is 0 Å². The van der Waals surface area contributed by atoms with Gasteiger partial charge in [0.05, 0.1) is 0 Å². The van der Waals surface area contributed by atoms with Crippen LogP contribution in [0.15, 0.2) is 24.3 Å². The summed E-state index contributed by atoms with van der Waals surface area (Å²) in [4.78, 5) is 0. The van der Waals surface area contributed by atoms with Crippen LogP contribution in [0.1, 0.15) is 11.1 Å². The number of hydrogen-bond acceptors (Lipinski definition) is 2. The van der Waals surface area contributed by atoms with Crippen LogP contribution >= 0.6 is 0 Å². The number of nitrogens with two attached hydrogens (primary N) is 1. The topological polar surface area (TPSA) is 49.8 Å². The number of nitrogens with zero attached hydrogens (tertiary/aromatic N) is 1. The molecule has 1 rings (SSSR count). The molecule has 0 heterocycles. The van der Waals surface area contributed by atoms with Crippen molar-refractivity contribution in [2.24, 2.45) is 5.73 Å². The smallest absolute Gasteiger partial charge is 0.152 e. The molecule has 0 aliphatic heterocycles. The molecule has 0 aromatic heterocycles. The van der Waals surface area contributed by atoms with Crippen molar-refractivity contribution in [3.63, 3.8) is 0 Å². The molecule has 0 bridgehead atoms. The molecule has 0 atom stereocenters. The molecule has 0 aliphatic rings. The van der Waals surface area contributed by atoms with Gasteiger partial charge in [0, 0.05) is 11.5 Å². The molecule has 2 nitrogen and oxygen atoms in total. The highest BCUT2D eigenvalue weighted by molar-refractivity contribution is 5.39. The van der Waals surface area contributed by atoms with Crippen LogP contribution in [0.25, 0.3) is 0 Å². The first kappa shape index (κ1) is 9.32. The molecular formula is C11H10N2. The molecular weight excluding hydrogens is 160 g/mol. The lowest BCUT2D eigenvalue weighted by Crippen LogP contribution is -2.02. The van der Waals surface area contributed by atoms with Crippen molar-refractivity contribution in [3.8, 4) is 17.9 Å². The minimum atomic E-state index is 0.656. The Balaban J connectivity index is 2.76. The highest BCUT2D eigenvalue weighted by Crippen LogP contribution is 2.03. The van der Waals surface area contributed by atoms with Gasteiger partial charge in [-0.1, -0.05) is 18.1 Å². The van der Waals surface area contributed by atoms with E-state index in [2.05, 4.69) is 11.8 Å². The third kappa shape index (κ3) is 2.99. The summed E-state index contributed by atoms with van der Waals surface area (Å²) in [6.45, 7) is 0.656. The van der Waals surface area contributed by atoms with Crippen molar-refractivity contribution in [1.29, 1.82) is 5.26 Å². The van der Waals surface area contributed by atoms with Crippen molar-refractivity contribution in [1.82, 2.24) is 0 Å². The van der Waals surface area contributed by atoms with Crippen molar-refractivity contribution >= 4 is 0 Å². The third-order valence-electron chi connectivity index (χ3n) is 1.65. The Bertz CT molecular complexity index is 360. The maximum Gasteiger partial charge on any atom is 0.152 e. The number of benzene rings is 1. The average Bonchev–Trinajstić information content (AvgIpc) is 2.17. The minimum Gasteiger partial charge on any atom is -0.330 e. The number of hydrogen-bond donors (Lipinski definition) is 1. The van der Waals surface area contributed by atoms with Crippen molar-refractivity contribution in [3.05, 3.63) is 35.4 Å². The molecule has 1 aromatic rings. The van der Waals surface area contributed by atoms with E-state index in [4.69, 9.17) is 11.0 Å². The van der Waals surface area contributed by atoms with Gasteiger partial charge in [-0.05, 0) is 30.7 Å². The predicted octanol–water partition coefficient (Wildman–Crippen LogP) is 1.06. The van der Waals surface area contributed by atoms with E-state index in [0.29, 0.717) is 6.54 Å². The Morgan fingerprint density at radius 2 is 1.92 bits per heavy atom. The SMILES string of the molecule is N#CC#Cc1ccc(CCN)cc1. The van der Waals surface area contributed by atoms with Crippen LogP contribution in [-0.4, -0.2) is 6.54 Å². The van der Waals surface area contributed by atoms with Gasteiger partial charge in [-0.25, -0.2) is 0 Å². The van der Waals surface area contributed by atoms with Gasteiger partial charge in [0.15, 0.2) is 6.07 Å². The van der Waals surface area contributed by atoms with Gasteiger partial charge >= 0.3 is 0 Å². The fourth-order valence-corrected chi connectivity index (χ4v) is 1.02. The van der Waals surface area contributed by atoms with Crippen LogP contribution < -0.4 is 5.73 Å². The van der Waals surface area contributed by atoms with Crippen LogP contribution in [0.2, 0.25) is 0 Å². The number of nitriles is 1. The van der Waals surface area contributed by atoms with Crippen LogP contribution in [-0.2, 0) is 6.42 Å².